The van der Waals surface area contributed by atoms with Crippen molar-refractivity contribution in [1.82, 2.24) is 14.9 Å². The molecule has 1 saturated heterocycles. The van der Waals surface area contributed by atoms with Crippen LogP contribution < -0.4 is 9.47 Å². The van der Waals surface area contributed by atoms with Crippen LogP contribution in [0.2, 0.25) is 0 Å². The van der Waals surface area contributed by atoms with Gasteiger partial charge < -0.3 is 14.7 Å². The normalized spacial score (nSPS) is 20.0. The van der Waals surface area contributed by atoms with Gasteiger partial charge in [-0.15, -0.1) is 16.1 Å². The zero-order valence-electron chi connectivity index (χ0n) is 16.5. The average molecular weight is 413 g/mol. The first-order valence-electron chi connectivity index (χ1n) is 10.1. The fraction of sp³-hybridized carbons (Fsp3) is 0.476. The number of nitrogens with zero attached hydrogens (tertiary/aromatic N) is 4. The Kier molecular flexibility index (Phi) is 5.07. The molecule has 29 heavy (non-hydrogen) atoms. The molecule has 152 valence electrons. The second-order valence-electron chi connectivity index (χ2n) is 7.83. The zero-order chi connectivity index (χ0) is 19.8. The molecular weight excluding hydrogens is 388 g/mol. The van der Waals surface area contributed by atoms with Crippen LogP contribution in [0.5, 0.6) is 11.8 Å². The SMILES string of the molecule is C[C@H]1CCc2c(sc3nc(CN4CCOCC4)nc(Oc4cccc[n+]4[O-])c23)C1. The third-order valence-corrected chi connectivity index (χ3v) is 6.77. The lowest BCUT2D eigenvalue weighted by Gasteiger charge is -2.25. The number of hydrogen-bond donors (Lipinski definition) is 0. The van der Waals surface area contributed by atoms with Gasteiger partial charge in [0.1, 0.15) is 10.7 Å². The van der Waals surface area contributed by atoms with Crippen LogP contribution in [-0.4, -0.2) is 41.2 Å². The summed E-state index contributed by atoms with van der Waals surface area (Å²) in [5.74, 6) is 2.14. The van der Waals surface area contributed by atoms with E-state index in [1.165, 1.54) is 16.6 Å². The molecule has 8 heteroatoms. The molecule has 0 aromatic carbocycles. The maximum absolute atomic E-state index is 12.2. The molecule has 1 aliphatic carbocycles. The van der Waals surface area contributed by atoms with Crippen molar-refractivity contribution in [2.45, 2.75) is 32.7 Å². The lowest BCUT2D eigenvalue weighted by molar-refractivity contribution is -0.611. The average Bonchev–Trinajstić information content (AvgIpc) is 3.08. The van der Waals surface area contributed by atoms with Gasteiger partial charge in [0.15, 0.2) is 6.20 Å². The van der Waals surface area contributed by atoms with Gasteiger partial charge in [-0.1, -0.05) is 6.92 Å². The van der Waals surface area contributed by atoms with Crippen molar-refractivity contribution in [3.63, 3.8) is 0 Å². The van der Waals surface area contributed by atoms with Crippen molar-refractivity contribution in [2.75, 3.05) is 26.3 Å². The van der Waals surface area contributed by atoms with Crippen molar-refractivity contribution in [2.24, 2.45) is 5.92 Å². The molecule has 1 fully saturated rings. The smallest absolute Gasteiger partial charge is 0.386 e. The second-order valence-corrected chi connectivity index (χ2v) is 8.92. The Morgan fingerprint density at radius 3 is 3.00 bits per heavy atom. The van der Waals surface area contributed by atoms with Gasteiger partial charge in [0.2, 0.25) is 5.88 Å². The van der Waals surface area contributed by atoms with E-state index in [1.807, 2.05) is 0 Å². The number of aromatic nitrogens is 3. The summed E-state index contributed by atoms with van der Waals surface area (Å²) >= 11 is 1.75. The second kappa shape index (κ2) is 7.85. The number of thiophene rings is 1. The predicted octanol–water partition coefficient (Wildman–Crippen LogP) is 3.07. The zero-order valence-corrected chi connectivity index (χ0v) is 17.3. The number of hydrogen-bond acceptors (Lipinski definition) is 7. The lowest BCUT2D eigenvalue weighted by atomic mass is 9.89. The van der Waals surface area contributed by atoms with Crippen LogP contribution in [0.4, 0.5) is 0 Å². The van der Waals surface area contributed by atoms with Crippen molar-refractivity contribution in [1.29, 1.82) is 0 Å². The number of rotatable bonds is 4. The molecule has 4 heterocycles. The first kappa shape index (κ1) is 18.7. The third-order valence-electron chi connectivity index (χ3n) is 5.63. The maximum atomic E-state index is 12.2. The van der Waals surface area contributed by atoms with Crippen LogP contribution in [0.25, 0.3) is 10.2 Å². The minimum atomic E-state index is 0.231. The molecule has 3 aromatic rings. The van der Waals surface area contributed by atoms with Gasteiger partial charge in [0.05, 0.1) is 31.2 Å². The van der Waals surface area contributed by atoms with Crippen molar-refractivity contribution < 1.29 is 14.2 Å². The number of aryl methyl sites for hydroxylation is 1. The molecule has 1 aliphatic heterocycles. The summed E-state index contributed by atoms with van der Waals surface area (Å²) < 4.78 is 12.2. The molecule has 0 saturated carbocycles. The van der Waals surface area contributed by atoms with E-state index >= 15 is 0 Å². The topological polar surface area (TPSA) is 74.4 Å². The first-order chi connectivity index (χ1) is 14.2. The monoisotopic (exact) mass is 412 g/mol. The summed E-state index contributed by atoms with van der Waals surface area (Å²) in [5, 5.41) is 13.1. The highest BCUT2D eigenvalue weighted by Gasteiger charge is 2.26. The number of ether oxygens (including phenoxy) is 2. The Labute approximate surface area is 173 Å². The summed E-state index contributed by atoms with van der Waals surface area (Å²) in [6, 6.07) is 5.15. The van der Waals surface area contributed by atoms with Gasteiger partial charge in [-0.3, -0.25) is 4.90 Å². The van der Waals surface area contributed by atoms with Crippen molar-refractivity contribution in [3.8, 4) is 11.8 Å². The fourth-order valence-corrected chi connectivity index (χ4v) is 5.44. The first-order valence-corrected chi connectivity index (χ1v) is 11.0. The molecule has 0 amide bonds. The van der Waals surface area contributed by atoms with Crippen LogP contribution in [0.1, 0.15) is 29.6 Å². The van der Waals surface area contributed by atoms with Gasteiger partial charge in [-0.25, -0.2) is 4.98 Å². The molecule has 2 aliphatic rings. The molecule has 7 nitrogen and oxygen atoms in total. The standard InChI is InChI=1S/C21H24N4O3S/c1-14-5-6-15-16(12-14)29-21-19(15)20(28-18-4-2-3-7-25(18)26)22-17(23-21)13-24-8-10-27-11-9-24/h2-4,7,14H,5-6,8-13H2,1H3/t14-/m0/s1. The molecule has 0 radical (unpaired) electrons. The summed E-state index contributed by atoms with van der Waals surface area (Å²) in [7, 11) is 0. The molecule has 3 aromatic heterocycles. The van der Waals surface area contributed by atoms with Crippen LogP contribution in [0.3, 0.4) is 0 Å². The Hall–Kier alpha value is -2.29. The van der Waals surface area contributed by atoms with Gasteiger partial charge in [0.25, 0.3) is 0 Å². The fourth-order valence-electron chi connectivity index (χ4n) is 4.05. The number of fused-ring (bicyclic) bond motifs is 3. The van der Waals surface area contributed by atoms with E-state index in [9.17, 15) is 5.21 Å². The van der Waals surface area contributed by atoms with Gasteiger partial charge in [0, 0.05) is 24.0 Å². The summed E-state index contributed by atoms with van der Waals surface area (Å²) in [6.07, 6.45) is 4.67. The summed E-state index contributed by atoms with van der Waals surface area (Å²) in [5.41, 5.74) is 1.30. The molecule has 1 atom stereocenters. The molecular formula is C21H24N4O3S. The highest BCUT2D eigenvalue weighted by molar-refractivity contribution is 7.18. The number of pyridine rings is 1. The minimum Gasteiger partial charge on any atom is -0.616 e. The molecule has 0 N–H and O–H groups in total. The van der Waals surface area contributed by atoms with E-state index in [-0.39, 0.29) is 5.88 Å². The van der Waals surface area contributed by atoms with E-state index in [2.05, 4.69) is 11.8 Å². The third kappa shape index (κ3) is 3.80. The van der Waals surface area contributed by atoms with Gasteiger partial charge >= 0.3 is 5.88 Å². The Morgan fingerprint density at radius 1 is 1.31 bits per heavy atom. The minimum absolute atomic E-state index is 0.231. The van der Waals surface area contributed by atoms with Crippen LogP contribution in [0.15, 0.2) is 24.4 Å². The molecule has 5 rings (SSSR count). The van der Waals surface area contributed by atoms with Crippen molar-refractivity contribution >= 4 is 21.6 Å². The van der Waals surface area contributed by atoms with E-state index < -0.39 is 0 Å². The van der Waals surface area contributed by atoms with Crippen LogP contribution in [0, 0.1) is 11.1 Å². The molecule has 0 unspecified atom stereocenters. The Bertz CT molecular complexity index is 1030. The summed E-state index contributed by atoms with van der Waals surface area (Å²) in [6.45, 7) is 6.16. The highest BCUT2D eigenvalue weighted by Crippen LogP contribution is 2.41. The predicted molar refractivity (Wildman–Crippen MR) is 110 cm³/mol. The highest BCUT2D eigenvalue weighted by atomic mass is 32.1. The largest absolute Gasteiger partial charge is 0.616 e. The Morgan fingerprint density at radius 2 is 2.17 bits per heavy atom. The molecule has 0 bridgehead atoms. The molecule has 0 spiro atoms. The van der Waals surface area contributed by atoms with Crippen LogP contribution >= 0.6 is 11.3 Å². The number of morpholine rings is 1. The van der Waals surface area contributed by atoms with Gasteiger partial charge in [-0.05, 0) is 36.8 Å². The quantitative estimate of drug-likeness (QED) is 0.484. The maximum Gasteiger partial charge on any atom is 0.386 e. The van der Waals surface area contributed by atoms with E-state index in [4.69, 9.17) is 19.4 Å². The summed E-state index contributed by atoms with van der Waals surface area (Å²) in [4.78, 5) is 14.3. The lowest BCUT2D eigenvalue weighted by Crippen LogP contribution is -2.36. The van der Waals surface area contributed by atoms with E-state index in [0.717, 1.165) is 66.3 Å². The van der Waals surface area contributed by atoms with E-state index in [0.29, 0.717) is 18.3 Å². The van der Waals surface area contributed by atoms with E-state index in [1.54, 1.807) is 29.5 Å². The van der Waals surface area contributed by atoms with Crippen molar-refractivity contribution in [3.05, 3.63) is 45.9 Å². The van der Waals surface area contributed by atoms with Gasteiger partial charge in [-0.2, -0.15) is 4.98 Å². The van der Waals surface area contributed by atoms with Crippen LogP contribution in [-0.2, 0) is 24.1 Å². The Balaban J connectivity index is 1.58.